The fourth-order valence-corrected chi connectivity index (χ4v) is 1.84. The summed E-state index contributed by atoms with van der Waals surface area (Å²) < 4.78 is 5.61. The van der Waals surface area contributed by atoms with Crippen molar-refractivity contribution in [1.82, 2.24) is 5.32 Å². The lowest BCUT2D eigenvalue weighted by Crippen LogP contribution is -2.37. The average Bonchev–Trinajstić information content (AvgIpc) is 2.39. The van der Waals surface area contributed by atoms with Gasteiger partial charge in [-0.2, -0.15) is 0 Å². The van der Waals surface area contributed by atoms with Gasteiger partial charge in [0.25, 0.3) is 0 Å². The Morgan fingerprint density at radius 1 is 1.36 bits per heavy atom. The summed E-state index contributed by atoms with van der Waals surface area (Å²) in [4.78, 5) is 0. The number of hydrogen-bond acceptors (Lipinski definition) is 2. The number of ether oxygens (including phenoxy) is 1. The highest BCUT2D eigenvalue weighted by Crippen LogP contribution is 2.21. The zero-order chi connectivity index (χ0) is 8.10. The average molecular weight is 157 g/mol. The normalized spacial score (nSPS) is 31.1. The third-order valence-electron chi connectivity index (χ3n) is 2.30. The largest absolute Gasteiger partial charge is 0.377 e. The molecular formula is C9H19NO. The van der Waals surface area contributed by atoms with E-state index in [-0.39, 0.29) is 0 Å². The molecule has 0 amide bonds. The molecule has 1 aliphatic rings. The lowest BCUT2D eigenvalue weighted by Gasteiger charge is -2.19. The smallest absolute Gasteiger partial charge is 0.0727 e. The summed E-state index contributed by atoms with van der Waals surface area (Å²) in [5.41, 5.74) is 0. The Bertz CT molecular complexity index is 93.7. The molecule has 66 valence electrons. The van der Waals surface area contributed by atoms with Crippen LogP contribution in [0.3, 0.4) is 0 Å². The number of nitrogens with one attached hydrogen (secondary N) is 1. The van der Waals surface area contributed by atoms with Crippen molar-refractivity contribution in [2.75, 3.05) is 13.2 Å². The third kappa shape index (κ3) is 2.46. The Morgan fingerprint density at radius 2 is 2.18 bits per heavy atom. The van der Waals surface area contributed by atoms with Gasteiger partial charge in [0.1, 0.15) is 0 Å². The van der Waals surface area contributed by atoms with Crippen molar-refractivity contribution in [2.45, 2.75) is 45.3 Å². The van der Waals surface area contributed by atoms with E-state index in [9.17, 15) is 0 Å². The molecule has 1 aliphatic carbocycles. The molecule has 0 spiro atoms. The maximum atomic E-state index is 5.61. The molecule has 0 aromatic heterocycles. The first-order valence-corrected chi connectivity index (χ1v) is 4.73. The molecule has 0 radical (unpaired) electrons. The molecule has 0 aromatic carbocycles. The minimum atomic E-state index is 0.486. The van der Waals surface area contributed by atoms with Gasteiger partial charge in [0, 0.05) is 12.6 Å². The topological polar surface area (TPSA) is 21.3 Å². The third-order valence-corrected chi connectivity index (χ3v) is 2.30. The molecule has 0 unspecified atom stereocenters. The molecule has 0 bridgehead atoms. The highest BCUT2D eigenvalue weighted by Gasteiger charge is 2.26. The molecule has 1 rings (SSSR count). The Balaban J connectivity index is 2.25. The fraction of sp³-hybridized carbons (Fsp3) is 1.00. The molecule has 1 fully saturated rings. The summed E-state index contributed by atoms with van der Waals surface area (Å²) in [5, 5.41) is 3.45. The standard InChI is InChI=1S/C9H19NO/c1-3-10-8-6-5-7-9(8)11-4-2/h8-10H,3-7H2,1-2H3/t8-,9+/m1/s1. The van der Waals surface area contributed by atoms with E-state index < -0.39 is 0 Å². The van der Waals surface area contributed by atoms with E-state index in [4.69, 9.17) is 4.74 Å². The van der Waals surface area contributed by atoms with Crippen molar-refractivity contribution in [2.24, 2.45) is 0 Å². The lowest BCUT2D eigenvalue weighted by atomic mass is 10.2. The quantitative estimate of drug-likeness (QED) is 0.668. The van der Waals surface area contributed by atoms with E-state index in [1.54, 1.807) is 0 Å². The van der Waals surface area contributed by atoms with Crippen molar-refractivity contribution in [3.63, 3.8) is 0 Å². The van der Waals surface area contributed by atoms with E-state index in [0.717, 1.165) is 13.2 Å². The van der Waals surface area contributed by atoms with Gasteiger partial charge in [-0.15, -0.1) is 0 Å². The second kappa shape index (κ2) is 4.73. The maximum absolute atomic E-state index is 5.61. The van der Waals surface area contributed by atoms with Crippen molar-refractivity contribution in [3.05, 3.63) is 0 Å². The second-order valence-electron chi connectivity index (χ2n) is 3.09. The summed E-state index contributed by atoms with van der Waals surface area (Å²) in [6, 6.07) is 0.625. The minimum Gasteiger partial charge on any atom is -0.377 e. The maximum Gasteiger partial charge on any atom is 0.0727 e. The monoisotopic (exact) mass is 157 g/mol. The summed E-state index contributed by atoms with van der Waals surface area (Å²) >= 11 is 0. The van der Waals surface area contributed by atoms with Gasteiger partial charge in [0.05, 0.1) is 6.10 Å². The summed E-state index contributed by atoms with van der Waals surface area (Å²) in [6.07, 6.45) is 4.34. The zero-order valence-electron chi connectivity index (χ0n) is 7.60. The summed E-state index contributed by atoms with van der Waals surface area (Å²) in [7, 11) is 0. The second-order valence-corrected chi connectivity index (χ2v) is 3.09. The van der Waals surface area contributed by atoms with Gasteiger partial charge in [-0.25, -0.2) is 0 Å². The van der Waals surface area contributed by atoms with Gasteiger partial charge in [0.2, 0.25) is 0 Å². The first-order valence-electron chi connectivity index (χ1n) is 4.73. The van der Waals surface area contributed by atoms with Gasteiger partial charge in [0.15, 0.2) is 0 Å². The number of rotatable bonds is 4. The van der Waals surface area contributed by atoms with Crippen LogP contribution in [0.25, 0.3) is 0 Å². The van der Waals surface area contributed by atoms with Crippen molar-refractivity contribution in [1.29, 1.82) is 0 Å². The highest BCUT2D eigenvalue weighted by atomic mass is 16.5. The Morgan fingerprint density at radius 3 is 2.82 bits per heavy atom. The minimum absolute atomic E-state index is 0.486. The van der Waals surface area contributed by atoms with E-state index in [1.807, 2.05) is 0 Å². The molecule has 0 aliphatic heterocycles. The predicted molar refractivity (Wildman–Crippen MR) is 46.7 cm³/mol. The molecule has 0 saturated heterocycles. The number of hydrogen-bond donors (Lipinski definition) is 1. The molecule has 2 heteroatoms. The molecule has 0 heterocycles. The SMILES string of the molecule is CCN[C@@H]1CCC[C@@H]1OCC. The highest BCUT2D eigenvalue weighted by molar-refractivity contribution is 4.83. The summed E-state index contributed by atoms with van der Waals surface area (Å²) in [6.45, 7) is 6.14. The Hall–Kier alpha value is -0.0800. The Labute approximate surface area is 69.3 Å². The number of likely N-dealkylation sites (N-methyl/N-ethyl adjacent to an activating group) is 1. The van der Waals surface area contributed by atoms with Crippen molar-refractivity contribution >= 4 is 0 Å². The van der Waals surface area contributed by atoms with E-state index >= 15 is 0 Å². The van der Waals surface area contributed by atoms with Gasteiger partial charge in [-0.3, -0.25) is 0 Å². The van der Waals surface area contributed by atoms with E-state index in [0.29, 0.717) is 12.1 Å². The lowest BCUT2D eigenvalue weighted by molar-refractivity contribution is 0.0493. The molecule has 2 atom stereocenters. The van der Waals surface area contributed by atoms with E-state index in [1.165, 1.54) is 19.3 Å². The first kappa shape index (κ1) is 9.01. The van der Waals surface area contributed by atoms with Crippen molar-refractivity contribution < 1.29 is 4.74 Å². The van der Waals surface area contributed by atoms with Crippen LogP contribution < -0.4 is 5.32 Å². The van der Waals surface area contributed by atoms with Crippen LogP contribution in [-0.4, -0.2) is 25.3 Å². The van der Waals surface area contributed by atoms with Gasteiger partial charge in [-0.05, 0) is 32.7 Å². The van der Waals surface area contributed by atoms with Crippen LogP contribution in [0.5, 0.6) is 0 Å². The van der Waals surface area contributed by atoms with E-state index in [2.05, 4.69) is 19.2 Å². The van der Waals surface area contributed by atoms with Gasteiger partial charge < -0.3 is 10.1 Å². The van der Waals surface area contributed by atoms with Crippen LogP contribution in [-0.2, 0) is 4.74 Å². The van der Waals surface area contributed by atoms with Crippen LogP contribution >= 0.6 is 0 Å². The summed E-state index contributed by atoms with van der Waals surface area (Å²) in [5.74, 6) is 0. The molecule has 2 nitrogen and oxygen atoms in total. The van der Waals surface area contributed by atoms with Crippen molar-refractivity contribution in [3.8, 4) is 0 Å². The first-order chi connectivity index (χ1) is 5.38. The van der Waals surface area contributed by atoms with Crippen LogP contribution in [0.1, 0.15) is 33.1 Å². The fourth-order valence-electron chi connectivity index (χ4n) is 1.84. The van der Waals surface area contributed by atoms with Crippen LogP contribution in [0.15, 0.2) is 0 Å². The molecular weight excluding hydrogens is 138 g/mol. The molecule has 11 heavy (non-hydrogen) atoms. The van der Waals surface area contributed by atoms with Gasteiger partial charge >= 0.3 is 0 Å². The molecule has 0 aromatic rings. The predicted octanol–water partition coefficient (Wildman–Crippen LogP) is 1.55. The van der Waals surface area contributed by atoms with Crippen LogP contribution in [0.4, 0.5) is 0 Å². The van der Waals surface area contributed by atoms with Gasteiger partial charge in [-0.1, -0.05) is 6.92 Å². The van der Waals surface area contributed by atoms with Crippen LogP contribution in [0, 0.1) is 0 Å². The Kier molecular flexibility index (Phi) is 3.87. The molecule has 1 saturated carbocycles. The zero-order valence-corrected chi connectivity index (χ0v) is 7.60. The van der Waals surface area contributed by atoms with Crippen LogP contribution in [0.2, 0.25) is 0 Å². The molecule has 1 N–H and O–H groups in total.